The average molecular weight is 385 g/mol. The minimum Gasteiger partial charge on any atom is -0.262 e. The first kappa shape index (κ1) is 17.7. The topological polar surface area (TPSA) is 54.5 Å². The third-order valence-corrected chi connectivity index (χ3v) is 6.70. The molecule has 26 heavy (non-hydrogen) atoms. The first-order valence-corrected chi connectivity index (χ1v) is 11.2. The first-order chi connectivity index (χ1) is 12.8. The average Bonchev–Trinajstić information content (AvgIpc) is 3.41. The number of thioether (sulfide) groups is 1. The molecule has 1 aliphatic carbocycles. The monoisotopic (exact) mass is 384 g/mol. The molecule has 6 heteroatoms. The quantitative estimate of drug-likeness (QED) is 0.538. The molecule has 1 saturated carbocycles. The molecule has 1 fully saturated rings. The van der Waals surface area contributed by atoms with Gasteiger partial charge in [-0.1, -0.05) is 67.8 Å². The van der Waals surface area contributed by atoms with E-state index in [1.54, 1.807) is 23.1 Å². The summed E-state index contributed by atoms with van der Waals surface area (Å²) in [6, 6.07) is 10.5. The number of benzene rings is 1. The van der Waals surface area contributed by atoms with Crippen LogP contribution >= 0.6 is 23.1 Å². The Hall–Kier alpha value is -1.66. The molecule has 1 aliphatic rings. The predicted octanol–water partition coefficient (Wildman–Crippen LogP) is 5.27. The van der Waals surface area contributed by atoms with Gasteiger partial charge in [-0.25, -0.2) is 9.97 Å². The van der Waals surface area contributed by atoms with E-state index in [1.807, 2.05) is 6.07 Å². The van der Waals surface area contributed by atoms with Crippen molar-refractivity contribution in [1.82, 2.24) is 20.2 Å². The zero-order chi connectivity index (χ0) is 17.6. The van der Waals surface area contributed by atoms with Crippen molar-refractivity contribution >= 4 is 23.1 Å². The maximum Gasteiger partial charge on any atom is 0.208 e. The molecule has 0 unspecified atom stereocenters. The Balaban J connectivity index is 1.25. The minimum atomic E-state index is 0.825. The van der Waals surface area contributed by atoms with E-state index in [0.29, 0.717) is 0 Å². The third kappa shape index (κ3) is 4.95. The molecular weight excluding hydrogens is 360 g/mol. The fraction of sp³-hybridized carbons (Fsp3) is 0.450. The zero-order valence-corrected chi connectivity index (χ0v) is 16.5. The van der Waals surface area contributed by atoms with Crippen molar-refractivity contribution in [3.8, 4) is 0 Å². The van der Waals surface area contributed by atoms with E-state index in [0.717, 1.165) is 41.2 Å². The van der Waals surface area contributed by atoms with Crippen molar-refractivity contribution in [2.45, 2.75) is 55.9 Å². The maximum absolute atomic E-state index is 4.75. The van der Waals surface area contributed by atoms with E-state index in [2.05, 4.69) is 44.8 Å². The second kappa shape index (κ2) is 8.82. The first-order valence-electron chi connectivity index (χ1n) is 9.36. The lowest BCUT2D eigenvalue weighted by Gasteiger charge is -2.05. The summed E-state index contributed by atoms with van der Waals surface area (Å²) in [4.78, 5) is 9.38. The van der Waals surface area contributed by atoms with Crippen molar-refractivity contribution in [1.29, 1.82) is 0 Å². The van der Waals surface area contributed by atoms with Crippen LogP contribution in [0.25, 0.3) is 0 Å². The smallest absolute Gasteiger partial charge is 0.208 e. The highest BCUT2D eigenvalue weighted by Crippen LogP contribution is 2.28. The van der Waals surface area contributed by atoms with Gasteiger partial charge in [-0.3, -0.25) is 5.10 Å². The number of aromatic nitrogens is 4. The highest BCUT2D eigenvalue weighted by molar-refractivity contribution is 7.98. The molecule has 2 heterocycles. The van der Waals surface area contributed by atoms with E-state index in [4.69, 9.17) is 4.98 Å². The number of hydrogen-bond acceptors (Lipinski definition) is 5. The van der Waals surface area contributed by atoms with Crippen molar-refractivity contribution in [3.63, 3.8) is 0 Å². The Kier molecular flexibility index (Phi) is 6.02. The van der Waals surface area contributed by atoms with Crippen LogP contribution in [0.5, 0.6) is 0 Å². The second-order valence-corrected chi connectivity index (χ2v) is 8.82. The van der Waals surface area contributed by atoms with Crippen LogP contribution in [0, 0.1) is 5.92 Å². The zero-order valence-electron chi connectivity index (χ0n) is 14.9. The number of nitrogens with zero attached hydrogens (tertiary/aromatic N) is 3. The number of thiazole rings is 1. The number of rotatable bonds is 8. The minimum absolute atomic E-state index is 0.825. The van der Waals surface area contributed by atoms with Crippen LogP contribution in [0.1, 0.15) is 54.2 Å². The van der Waals surface area contributed by atoms with Crippen LogP contribution in [0.3, 0.4) is 0 Å². The van der Waals surface area contributed by atoms with Crippen LogP contribution in [0.4, 0.5) is 0 Å². The Morgan fingerprint density at radius 1 is 1.12 bits per heavy atom. The van der Waals surface area contributed by atoms with Gasteiger partial charge >= 0.3 is 0 Å². The Labute approximate surface area is 162 Å². The van der Waals surface area contributed by atoms with E-state index < -0.39 is 0 Å². The standard InChI is InChI=1S/C20H24N4S2/c1-2-8-16(9-3-1)12-19-21-17(13-25-19)14-26-20-22-18(23-24-20)11-10-15-6-4-5-7-15/h1-3,8-9,13,15H,4-7,10-12,14H2,(H,22,23,24). The van der Waals surface area contributed by atoms with Gasteiger partial charge in [0.15, 0.2) is 0 Å². The molecule has 0 saturated heterocycles. The molecule has 0 atom stereocenters. The molecule has 0 radical (unpaired) electrons. The molecule has 1 N–H and O–H groups in total. The largest absolute Gasteiger partial charge is 0.262 e. The molecular formula is C20H24N4S2. The fourth-order valence-electron chi connectivity index (χ4n) is 3.50. The second-order valence-electron chi connectivity index (χ2n) is 6.94. The van der Waals surface area contributed by atoms with Gasteiger partial charge in [-0.15, -0.1) is 16.4 Å². The molecule has 0 spiro atoms. The van der Waals surface area contributed by atoms with Crippen LogP contribution in [-0.2, 0) is 18.6 Å². The number of H-pyrrole nitrogens is 1. The van der Waals surface area contributed by atoms with Gasteiger partial charge in [-0.2, -0.15) is 0 Å². The normalized spacial score (nSPS) is 14.9. The van der Waals surface area contributed by atoms with Gasteiger partial charge in [0.2, 0.25) is 5.16 Å². The van der Waals surface area contributed by atoms with Gasteiger partial charge in [0.25, 0.3) is 0 Å². The highest BCUT2D eigenvalue weighted by atomic mass is 32.2. The van der Waals surface area contributed by atoms with Crippen LogP contribution in [-0.4, -0.2) is 20.2 Å². The summed E-state index contributed by atoms with van der Waals surface area (Å²) in [5.74, 6) is 2.75. The van der Waals surface area contributed by atoms with Crippen molar-refractivity contribution < 1.29 is 0 Å². The summed E-state index contributed by atoms with van der Waals surface area (Å²) in [7, 11) is 0. The summed E-state index contributed by atoms with van der Waals surface area (Å²) >= 11 is 3.40. The molecule has 2 aromatic heterocycles. The van der Waals surface area contributed by atoms with Crippen molar-refractivity contribution in [3.05, 3.63) is 57.8 Å². The lowest BCUT2D eigenvalue weighted by Crippen LogP contribution is -1.97. The molecule has 3 aromatic rings. The van der Waals surface area contributed by atoms with Crippen LogP contribution in [0.2, 0.25) is 0 Å². The van der Waals surface area contributed by atoms with Gasteiger partial charge in [0.1, 0.15) is 5.82 Å². The van der Waals surface area contributed by atoms with Crippen molar-refractivity contribution in [2.24, 2.45) is 5.92 Å². The Bertz CT molecular complexity index is 806. The maximum atomic E-state index is 4.75. The van der Waals surface area contributed by atoms with Crippen LogP contribution in [0.15, 0.2) is 40.9 Å². The third-order valence-electron chi connectivity index (χ3n) is 4.92. The molecule has 4 rings (SSSR count). The predicted molar refractivity (Wildman–Crippen MR) is 108 cm³/mol. The number of nitrogens with one attached hydrogen (secondary N) is 1. The van der Waals surface area contributed by atoms with E-state index in [1.165, 1.54) is 42.7 Å². The SMILES string of the molecule is c1ccc(Cc2nc(CSc3n[nH]c(CCC4CCCC4)n3)cs2)cc1. The number of hydrogen-bond donors (Lipinski definition) is 1. The Morgan fingerprint density at radius 2 is 1.96 bits per heavy atom. The van der Waals surface area contributed by atoms with Gasteiger partial charge in [-0.05, 0) is 17.9 Å². The van der Waals surface area contributed by atoms with E-state index in [9.17, 15) is 0 Å². The lowest BCUT2D eigenvalue weighted by molar-refractivity contribution is 0.497. The number of aromatic amines is 1. The van der Waals surface area contributed by atoms with Crippen LogP contribution < -0.4 is 0 Å². The summed E-state index contributed by atoms with van der Waals surface area (Å²) < 4.78 is 0. The van der Waals surface area contributed by atoms with E-state index in [-0.39, 0.29) is 0 Å². The summed E-state index contributed by atoms with van der Waals surface area (Å²) in [6.07, 6.45) is 8.77. The van der Waals surface area contributed by atoms with E-state index >= 15 is 0 Å². The molecule has 0 bridgehead atoms. The lowest BCUT2D eigenvalue weighted by atomic mass is 10.0. The Morgan fingerprint density at radius 3 is 2.81 bits per heavy atom. The fourth-order valence-corrected chi connectivity index (χ4v) is 5.14. The summed E-state index contributed by atoms with van der Waals surface area (Å²) in [5.41, 5.74) is 2.42. The number of aryl methyl sites for hydroxylation is 1. The summed E-state index contributed by atoms with van der Waals surface area (Å²) in [6.45, 7) is 0. The molecule has 0 amide bonds. The molecule has 1 aromatic carbocycles. The van der Waals surface area contributed by atoms with Gasteiger partial charge < -0.3 is 0 Å². The molecule has 0 aliphatic heterocycles. The van der Waals surface area contributed by atoms with Gasteiger partial charge in [0.05, 0.1) is 10.7 Å². The molecule has 136 valence electrons. The van der Waals surface area contributed by atoms with Crippen molar-refractivity contribution in [2.75, 3.05) is 0 Å². The summed E-state index contributed by atoms with van der Waals surface area (Å²) in [5, 5.41) is 11.6. The molecule has 4 nitrogen and oxygen atoms in total. The van der Waals surface area contributed by atoms with Gasteiger partial charge in [0, 0.05) is 24.0 Å². The highest BCUT2D eigenvalue weighted by Gasteiger charge is 2.15.